The van der Waals surface area contributed by atoms with E-state index in [4.69, 9.17) is 14.6 Å². The van der Waals surface area contributed by atoms with Gasteiger partial charge in [0.05, 0.1) is 19.6 Å². The molecule has 0 aliphatic carbocycles. The topological polar surface area (TPSA) is 119 Å². The van der Waals surface area contributed by atoms with E-state index in [1.54, 1.807) is 0 Å². The Labute approximate surface area is 301 Å². The normalized spacial score (nSPS) is 11.7. The van der Waals surface area contributed by atoms with Crippen molar-refractivity contribution in [1.29, 1.82) is 0 Å². The molecule has 0 aromatic heterocycles. The SMILES string of the molecule is CCCCCCCCCCCCCCCCOC(=O)CCC(NC(=O)CCC(=O)O)C(=O)OCCCCCCCCCCCCCCCC. The van der Waals surface area contributed by atoms with Crippen LogP contribution in [0.2, 0.25) is 0 Å². The summed E-state index contributed by atoms with van der Waals surface area (Å²) in [5.41, 5.74) is 0. The average Bonchev–Trinajstić information content (AvgIpc) is 3.08. The Bertz CT molecular complexity index is 788. The first-order valence-electron chi connectivity index (χ1n) is 20.7. The van der Waals surface area contributed by atoms with Gasteiger partial charge in [0.2, 0.25) is 5.91 Å². The van der Waals surface area contributed by atoms with E-state index in [0.29, 0.717) is 6.61 Å². The molecule has 49 heavy (non-hydrogen) atoms. The minimum absolute atomic E-state index is 0.0174. The van der Waals surface area contributed by atoms with E-state index in [2.05, 4.69) is 19.2 Å². The fourth-order valence-electron chi connectivity index (χ4n) is 6.12. The molecule has 2 N–H and O–H groups in total. The second-order valence-corrected chi connectivity index (χ2v) is 14.1. The number of nitrogens with one attached hydrogen (secondary N) is 1. The predicted octanol–water partition coefficient (Wildman–Crippen LogP) is 11.2. The smallest absolute Gasteiger partial charge is 0.328 e. The summed E-state index contributed by atoms with van der Waals surface area (Å²) in [6, 6.07) is -0.999. The number of aliphatic carboxylic acids is 1. The maximum absolute atomic E-state index is 12.8. The Balaban J connectivity index is 4.05. The first-order chi connectivity index (χ1) is 23.9. The van der Waals surface area contributed by atoms with Crippen molar-refractivity contribution < 1.29 is 33.8 Å². The van der Waals surface area contributed by atoms with Crippen molar-refractivity contribution in [2.75, 3.05) is 13.2 Å². The van der Waals surface area contributed by atoms with Crippen LogP contribution in [0.1, 0.15) is 219 Å². The van der Waals surface area contributed by atoms with Gasteiger partial charge in [-0.05, 0) is 19.3 Å². The van der Waals surface area contributed by atoms with Crippen LogP contribution in [-0.4, -0.2) is 48.2 Å². The standard InChI is InChI=1S/C41H77NO7/c1-3-5-7-9-11-13-15-17-19-21-23-25-27-29-35-48-40(46)34-31-37(42-38(43)32-33-39(44)45)41(47)49-36-30-28-26-24-22-20-18-16-14-12-10-8-6-4-2/h37H,3-36H2,1-2H3,(H,42,43)(H,44,45). The third-order valence-electron chi connectivity index (χ3n) is 9.33. The molecule has 0 saturated heterocycles. The number of carboxylic acid groups (broad SMARTS) is 1. The summed E-state index contributed by atoms with van der Waals surface area (Å²) in [7, 11) is 0. The van der Waals surface area contributed by atoms with E-state index in [1.807, 2.05) is 0 Å². The van der Waals surface area contributed by atoms with Crippen molar-refractivity contribution in [2.24, 2.45) is 0 Å². The molecule has 0 aliphatic heterocycles. The lowest BCUT2D eigenvalue weighted by Gasteiger charge is -2.17. The highest BCUT2D eigenvalue weighted by molar-refractivity contribution is 5.86. The summed E-state index contributed by atoms with van der Waals surface area (Å²) in [5.74, 6) is -2.62. The number of carboxylic acids is 1. The van der Waals surface area contributed by atoms with Gasteiger partial charge in [0.25, 0.3) is 0 Å². The molecule has 1 atom stereocenters. The highest BCUT2D eigenvalue weighted by atomic mass is 16.5. The molecule has 0 heterocycles. The van der Waals surface area contributed by atoms with E-state index in [0.717, 1.165) is 38.5 Å². The lowest BCUT2D eigenvalue weighted by Crippen LogP contribution is -2.42. The molecule has 1 unspecified atom stereocenters. The van der Waals surface area contributed by atoms with Gasteiger partial charge >= 0.3 is 17.9 Å². The minimum Gasteiger partial charge on any atom is -0.481 e. The van der Waals surface area contributed by atoms with Crippen molar-refractivity contribution in [3.05, 3.63) is 0 Å². The molecule has 0 bridgehead atoms. The third-order valence-corrected chi connectivity index (χ3v) is 9.33. The molecule has 0 radical (unpaired) electrons. The molecule has 0 aliphatic rings. The number of carbonyl (C=O) groups is 4. The minimum atomic E-state index is -1.08. The number of rotatable bonds is 38. The van der Waals surface area contributed by atoms with Crippen molar-refractivity contribution >= 4 is 23.8 Å². The fraction of sp³-hybridized carbons (Fsp3) is 0.902. The van der Waals surface area contributed by atoms with Gasteiger partial charge in [-0.15, -0.1) is 0 Å². The van der Waals surface area contributed by atoms with Crippen LogP contribution >= 0.6 is 0 Å². The van der Waals surface area contributed by atoms with E-state index < -0.39 is 29.9 Å². The lowest BCUT2D eigenvalue weighted by molar-refractivity contribution is -0.149. The van der Waals surface area contributed by atoms with Gasteiger partial charge in [-0.1, -0.05) is 181 Å². The summed E-state index contributed by atoms with van der Waals surface area (Å²) in [6.07, 6.45) is 34.5. The molecule has 288 valence electrons. The first kappa shape index (κ1) is 46.9. The van der Waals surface area contributed by atoms with Gasteiger partial charge < -0.3 is 19.9 Å². The second-order valence-electron chi connectivity index (χ2n) is 14.1. The number of amides is 1. The Morgan fingerprint density at radius 2 is 0.816 bits per heavy atom. The van der Waals surface area contributed by atoms with Gasteiger partial charge in [0, 0.05) is 12.8 Å². The zero-order valence-electron chi connectivity index (χ0n) is 32.0. The van der Waals surface area contributed by atoms with Gasteiger partial charge in [-0.3, -0.25) is 14.4 Å². The number of ether oxygens (including phenoxy) is 2. The summed E-state index contributed by atoms with van der Waals surface area (Å²) in [5, 5.41) is 11.4. The Morgan fingerprint density at radius 3 is 1.18 bits per heavy atom. The molecule has 0 rings (SSSR count). The number of esters is 2. The highest BCUT2D eigenvalue weighted by Crippen LogP contribution is 2.15. The summed E-state index contributed by atoms with van der Waals surface area (Å²) >= 11 is 0. The number of hydrogen-bond donors (Lipinski definition) is 2. The van der Waals surface area contributed by atoms with Crippen molar-refractivity contribution in [2.45, 2.75) is 225 Å². The molecule has 0 fully saturated rings. The van der Waals surface area contributed by atoms with Crippen molar-refractivity contribution in [1.82, 2.24) is 5.32 Å². The number of unbranched alkanes of at least 4 members (excludes halogenated alkanes) is 26. The van der Waals surface area contributed by atoms with Crippen LogP contribution < -0.4 is 5.32 Å². The van der Waals surface area contributed by atoms with Crippen LogP contribution in [0.25, 0.3) is 0 Å². The summed E-state index contributed by atoms with van der Waals surface area (Å²) in [6.45, 7) is 5.13. The van der Waals surface area contributed by atoms with Crippen LogP contribution in [0, 0.1) is 0 Å². The van der Waals surface area contributed by atoms with E-state index in [9.17, 15) is 19.2 Å². The maximum atomic E-state index is 12.8. The van der Waals surface area contributed by atoms with Crippen molar-refractivity contribution in [3.8, 4) is 0 Å². The fourth-order valence-corrected chi connectivity index (χ4v) is 6.12. The van der Waals surface area contributed by atoms with Crippen molar-refractivity contribution in [3.63, 3.8) is 0 Å². The monoisotopic (exact) mass is 696 g/mol. The quantitative estimate of drug-likeness (QED) is 0.0487. The Hall–Kier alpha value is -2.12. The van der Waals surface area contributed by atoms with E-state index >= 15 is 0 Å². The Morgan fingerprint density at radius 1 is 0.469 bits per heavy atom. The molecule has 0 aromatic carbocycles. The third kappa shape index (κ3) is 35.5. The van der Waals surface area contributed by atoms with Crippen LogP contribution in [0.4, 0.5) is 0 Å². The average molecular weight is 696 g/mol. The Kier molecular flexibility index (Phi) is 35.5. The van der Waals surface area contributed by atoms with E-state index in [-0.39, 0.29) is 32.3 Å². The molecule has 8 nitrogen and oxygen atoms in total. The predicted molar refractivity (Wildman–Crippen MR) is 201 cm³/mol. The molecule has 1 amide bonds. The van der Waals surface area contributed by atoms with Gasteiger partial charge in [0.1, 0.15) is 6.04 Å². The zero-order valence-corrected chi connectivity index (χ0v) is 32.0. The summed E-state index contributed by atoms with van der Waals surface area (Å²) < 4.78 is 10.8. The van der Waals surface area contributed by atoms with Gasteiger partial charge in [0.15, 0.2) is 0 Å². The van der Waals surface area contributed by atoms with Crippen LogP contribution in [-0.2, 0) is 28.7 Å². The molecule has 8 heteroatoms. The summed E-state index contributed by atoms with van der Waals surface area (Å²) in [4.78, 5) is 48.2. The number of carbonyl (C=O) groups excluding carboxylic acids is 3. The highest BCUT2D eigenvalue weighted by Gasteiger charge is 2.24. The van der Waals surface area contributed by atoms with Crippen LogP contribution in [0.3, 0.4) is 0 Å². The van der Waals surface area contributed by atoms with Gasteiger partial charge in [-0.25, -0.2) is 4.79 Å². The molecular weight excluding hydrogens is 618 g/mol. The van der Waals surface area contributed by atoms with Gasteiger partial charge in [-0.2, -0.15) is 0 Å². The van der Waals surface area contributed by atoms with Crippen LogP contribution in [0.5, 0.6) is 0 Å². The first-order valence-corrected chi connectivity index (χ1v) is 20.7. The molecule has 0 spiro atoms. The largest absolute Gasteiger partial charge is 0.481 e. The molecule has 0 saturated carbocycles. The van der Waals surface area contributed by atoms with E-state index in [1.165, 1.54) is 141 Å². The van der Waals surface area contributed by atoms with Crippen LogP contribution in [0.15, 0.2) is 0 Å². The number of hydrogen-bond acceptors (Lipinski definition) is 6. The lowest BCUT2D eigenvalue weighted by atomic mass is 10.0. The molecule has 0 aromatic rings. The zero-order chi connectivity index (χ0) is 36.0. The molecular formula is C41H77NO7. The second kappa shape index (κ2) is 37.1. The maximum Gasteiger partial charge on any atom is 0.328 e.